The Morgan fingerprint density at radius 2 is 1.96 bits per heavy atom. The van der Waals surface area contributed by atoms with Gasteiger partial charge in [-0.05, 0) is 55.4 Å². The van der Waals surface area contributed by atoms with Crippen molar-refractivity contribution in [1.29, 1.82) is 0 Å². The predicted octanol–water partition coefficient (Wildman–Crippen LogP) is 4.84. The molecule has 0 heterocycles. The maximum atomic E-state index is 12.2. The molecule has 4 nitrogen and oxygen atoms in total. The molecule has 0 bridgehead atoms. The van der Waals surface area contributed by atoms with Crippen LogP contribution in [0, 0.1) is 0 Å². The van der Waals surface area contributed by atoms with E-state index in [1.54, 1.807) is 25.1 Å². The number of thiocarbonyl (C=S) groups is 1. The number of aryl methyl sites for hydroxylation is 1. The molecular formula is C18H18Cl2N2O2S. The molecule has 0 aliphatic rings. The topological polar surface area (TPSA) is 50.4 Å². The van der Waals surface area contributed by atoms with Gasteiger partial charge in [-0.25, -0.2) is 0 Å². The summed E-state index contributed by atoms with van der Waals surface area (Å²) in [6, 6.07) is 12.6. The van der Waals surface area contributed by atoms with E-state index in [0.717, 1.165) is 17.7 Å². The second-order valence-corrected chi connectivity index (χ2v) is 6.54. The summed E-state index contributed by atoms with van der Waals surface area (Å²) in [6.45, 7) is 3.66. The number of carbonyl (C=O) groups excluding carboxylic acids is 1. The Morgan fingerprint density at radius 3 is 2.64 bits per heavy atom. The maximum absolute atomic E-state index is 12.2. The molecule has 2 aromatic rings. The van der Waals surface area contributed by atoms with Crippen molar-refractivity contribution in [3.63, 3.8) is 0 Å². The molecule has 0 saturated carbocycles. The summed E-state index contributed by atoms with van der Waals surface area (Å²) in [4.78, 5) is 12.2. The fourth-order valence-corrected chi connectivity index (χ4v) is 2.80. The SMILES string of the molecule is CCc1ccccc1NC(=S)NC(=O)[C@H](C)Oc1ccc(Cl)cc1Cl. The van der Waals surface area contributed by atoms with Crippen LogP contribution in [0.25, 0.3) is 0 Å². The van der Waals surface area contributed by atoms with Gasteiger partial charge in [0.25, 0.3) is 5.91 Å². The normalized spacial score (nSPS) is 11.5. The van der Waals surface area contributed by atoms with Gasteiger partial charge in [0.15, 0.2) is 11.2 Å². The van der Waals surface area contributed by atoms with Gasteiger partial charge >= 0.3 is 0 Å². The minimum absolute atomic E-state index is 0.212. The highest BCUT2D eigenvalue weighted by molar-refractivity contribution is 7.80. The van der Waals surface area contributed by atoms with Gasteiger partial charge in [-0.2, -0.15) is 0 Å². The van der Waals surface area contributed by atoms with Gasteiger partial charge < -0.3 is 10.1 Å². The lowest BCUT2D eigenvalue weighted by atomic mass is 10.1. The van der Waals surface area contributed by atoms with E-state index in [2.05, 4.69) is 10.6 Å². The van der Waals surface area contributed by atoms with Crippen LogP contribution in [0.5, 0.6) is 5.75 Å². The molecule has 0 radical (unpaired) electrons. The molecular weight excluding hydrogens is 379 g/mol. The number of amides is 1. The zero-order valence-electron chi connectivity index (χ0n) is 13.8. The molecule has 0 fully saturated rings. The van der Waals surface area contributed by atoms with Crippen LogP contribution in [-0.2, 0) is 11.2 Å². The number of ether oxygens (including phenoxy) is 1. The fraction of sp³-hybridized carbons (Fsp3) is 0.222. The van der Waals surface area contributed by atoms with Gasteiger partial charge in [-0.15, -0.1) is 0 Å². The Bertz CT molecular complexity index is 783. The summed E-state index contributed by atoms with van der Waals surface area (Å²) >= 11 is 17.1. The summed E-state index contributed by atoms with van der Waals surface area (Å²) in [5.74, 6) is 0.00131. The molecule has 132 valence electrons. The third-order valence-corrected chi connectivity index (χ3v) is 4.18. The van der Waals surface area contributed by atoms with Crippen LogP contribution in [0.3, 0.4) is 0 Å². The Balaban J connectivity index is 1.95. The van der Waals surface area contributed by atoms with Crippen LogP contribution in [0.2, 0.25) is 10.0 Å². The van der Waals surface area contributed by atoms with Crippen LogP contribution in [0.4, 0.5) is 5.69 Å². The lowest BCUT2D eigenvalue weighted by Crippen LogP contribution is -2.42. The molecule has 2 aromatic carbocycles. The van der Waals surface area contributed by atoms with Gasteiger partial charge in [0.2, 0.25) is 0 Å². The molecule has 0 aromatic heterocycles. The van der Waals surface area contributed by atoms with E-state index >= 15 is 0 Å². The Labute approximate surface area is 162 Å². The molecule has 7 heteroatoms. The van der Waals surface area contributed by atoms with Crippen molar-refractivity contribution in [2.24, 2.45) is 0 Å². The number of para-hydroxylation sites is 1. The first-order valence-electron chi connectivity index (χ1n) is 7.72. The molecule has 1 amide bonds. The average molecular weight is 397 g/mol. The number of hydrogen-bond acceptors (Lipinski definition) is 3. The minimum Gasteiger partial charge on any atom is -0.479 e. The molecule has 25 heavy (non-hydrogen) atoms. The van der Waals surface area contributed by atoms with E-state index in [0.29, 0.717) is 15.8 Å². The highest BCUT2D eigenvalue weighted by atomic mass is 35.5. The lowest BCUT2D eigenvalue weighted by Gasteiger charge is -2.17. The Kier molecular flexibility index (Phi) is 7.05. The third-order valence-electron chi connectivity index (χ3n) is 3.45. The molecule has 0 spiro atoms. The number of halogens is 2. The molecule has 2 N–H and O–H groups in total. The number of hydrogen-bond donors (Lipinski definition) is 2. The first-order valence-corrected chi connectivity index (χ1v) is 8.88. The van der Waals surface area contributed by atoms with E-state index in [4.69, 9.17) is 40.2 Å². The number of nitrogens with one attached hydrogen (secondary N) is 2. The summed E-state index contributed by atoms with van der Waals surface area (Å²) in [6.07, 6.45) is 0.0775. The monoisotopic (exact) mass is 396 g/mol. The predicted molar refractivity (Wildman–Crippen MR) is 107 cm³/mol. The van der Waals surface area contributed by atoms with Crippen molar-refractivity contribution < 1.29 is 9.53 Å². The van der Waals surface area contributed by atoms with Gasteiger partial charge in [0.05, 0.1) is 5.02 Å². The van der Waals surface area contributed by atoms with Gasteiger partial charge in [0, 0.05) is 10.7 Å². The molecule has 0 aliphatic heterocycles. The van der Waals surface area contributed by atoms with Crippen LogP contribution < -0.4 is 15.4 Å². The van der Waals surface area contributed by atoms with E-state index < -0.39 is 6.10 Å². The Hall–Kier alpha value is -1.82. The number of anilines is 1. The van der Waals surface area contributed by atoms with Crippen LogP contribution in [-0.4, -0.2) is 17.1 Å². The van der Waals surface area contributed by atoms with Gasteiger partial charge in [-0.1, -0.05) is 48.3 Å². The zero-order valence-corrected chi connectivity index (χ0v) is 16.1. The van der Waals surface area contributed by atoms with Gasteiger partial charge in [-0.3, -0.25) is 10.1 Å². The standard InChI is InChI=1S/C18H18Cl2N2O2S/c1-3-12-6-4-5-7-15(12)21-18(25)22-17(23)11(2)24-16-9-8-13(19)10-14(16)20/h4-11H,3H2,1-2H3,(H2,21,22,23,25)/t11-/m0/s1. The smallest absolute Gasteiger partial charge is 0.266 e. The quantitative estimate of drug-likeness (QED) is 0.710. The third kappa shape index (κ3) is 5.59. The highest BCUT2D eigenvalue weighted by Crippen LogP contribution is 2.28. The van der Waals surface area contributed by atoms with Crippen LogP contribution in [0.15, 0.2) is 42.5 Å². The zero-order chi connectivity index (χ0) is 18.4. The summed E-state index contributed by atoms with van der Waals surface area (Å²) < 4.78 is 5.57. The van der Waals surface area contributed by atoms with Crippen molar-refractivity contribution in [2.45, 2.75) is 26.4 Å². The average Bonchev–Trinajstić information content (AvgIpc) is 2.57. The second kappa shape index (κ2) is 9.04. The molecule has 0 saturated heterocycles. The molecule has 1 atom stereocenters. The number of rotatable bonds is 5. The van der Waals surface area contributed by atoms with Crippen molar-refractivity contribution >= 4 is 52.1 Å². The first kappa shape index (κ1) is 19.5. The fourth-order valence-electron chi connectivity index (χ4n) is 2.13. The van der Waals surface area contributed by atoms with Crippen LogP contribution >= 0.6 is 35.4 Å². The molecule has 0 unspecified atom stereocenters. The number of carbonyl (C=O) groups is 1. The Morgan fingerprint density at radius 1 is 1.24 bits per heavy atom. The largest absolute Gasteiger partial charge is 0.479 e. The van der Waals surface area contributed by atoms with E-state index in [9.17, 15) is 4.79 Å². The minimum atomic E-state index is -0.778. The summed E-state index contributed by atoms with van der Waals surface area (Å²) in [7, 11) is 0. The van der Waals surface area contributed by atoms with Crippen molar-refractivity contribution in [3.8, 4) is 5.75 Å². The van der Waals surface area contributed by atoms with E-state index in [-0.39, 0.29) is 11.0 Å². The van der Waals surface area contributed by atoms with Crippen molar-refractivity contribution in [1.82, 2.24) is 5.32 Å². The van der Waals surface area contributed by atoms with E-state index in [1.165, 1.54) is 0 Å². The van der Waals surface area contributed by atoms with E-state index in [1.807, 2.05) is 31.2 Å². The van der Waals surface area contributed by atoms with Crippen molar-refractivity contribution in [2.75, 3.05) is 5.32 Å². The summed E-state index contributed by atoms with van der Waals surface area (Å²) in [5, 5.41) is 6.69. The molecule has 2 rings (SSSR count). The second-order valence-electron chi connectivity index (χ2n) is 5.29. The maximum Gasteiger partial charge on any atom is 0.266 e. The van der Waals surface area contributed by atoms with Crippen LogP contribution in [0.1, 0.15) is 19.4 Å². The van der Waals surface area contributed by atoms with Crippen molar-refractivity contribution in [3.05, 3.63) is 58.1 Å². The van der Waals surface area contributed by atoms with Gasteiger partial charge in [0.1, 0.15) is 5.75 Å². The first-order chi connectivity index (χ1) is 11.9. The summed E-state index contributed by atoms with van der Waals surface area (Å²) in [5.41, 5.74) is 1.97. The number of benzene rings is 2. The molecule has 0 aliphatic carbocycles. The lowest BCUT2D eigenvalue weighted by molar-refractivity contribution is -0.125. The highest BCUT2D eigenvalue weighted by Gasteiger charge is 2.17.